The third-order valence-electron chi connectivity index (χ3n) is 2.68. The van der Waals surface area contributed by atoms with Crippen molar-refractivity contribution in [2.24, 2.45) is 0 Å². The number of nitrogens with zero attached hydrogens (tertiary/aromatic N) is 3. The Bertz CT molecular complexity index is 649. The minimum atomic E-state index is -1.22. The Labute approximate surface area is 127 Å². The van der Waals surface area contributed by atoms with Crippen LogP contribution >= 0.6 is 15.9 Å². The van der Waals surface area contributed by atoms with Crippen LogP contribution in [0.15, 0.2) is 35.2 Å². The molecule has 2 aromatic rings. The molecule has 5 nitrogen and oxygen atoms in total. The zero-order valence-electron chi connectivity index (χ0n) is 10.6. The van der Waals surface area contributed by atoms with Gasteiger partial charge in [-0.1, -0.05) is 0 Å². The predicted molar refractivity (Wildman–Crippen MR) is 75.2 cm³/mol. The Kier molecular flexibility index (Phi) is 4.79. The Balaban J connectivity index is 2.18. The average molecular weight is 358 g/mol. The van der Waals surface area contributed by atoms with E-state index in [0.717, 1.165) is 23.1 Å². The number of amides is 1. The van der Waals surface area contributed by atoms with Gasteiger partial charge >= 0.3 is 6.09 Å². The number of aromatic nitrogens is 2. The van der Waals surface area contributed by atoms with Crippen molar-refractivity contribution in [1.29, 1.82) is 0 Å². The largest absolute Gasteiger partial charge is 0.465 e. The molecule has 0 unspecified atom stereocenters. The molecule has 1 aromatic carbocycles. The van der Waals surface area contributed by atoms with Crippen LogP contribution in [0.3, 0.4) is 0 Å². The maximum Gasteiger partial charge on any atom is 0.413 e. The number of halogens is 3. The average Bonchev–Trinajstić information content (AvgIpc) is 2.39. The predicted octanol–water partition coefficient (Wildman–Crippen LogP) is 3.24. The molecule has 1 heterocycles. The van der Waals surface area contributed by atoms with Crippen LogP contribution in [0.1, 0.15) is 5.56 Å². The Morgan fingerprint density at radius 1 is 1.29 bits per heavy atom. The summed E-state index contributed by atoms with van der Waals surface area (Å²) in [7, 11) is 0. The number of hydrogen-bond donors (Lipinski definition) is 1. The minimum Gasteiger partial charge on any atom is -0.465 e. The Morgan fingerprint density at radius 3 is 2.52 bits per heavy atom. The molecule has 0 saturated carbocycles. The quantitative estimate of drug-likeness (QED) is 0.911. The minimum absolute atomic E-state index is 0.00778. The fraction of sp³-hybridized carbons (Fsp3) is 0.154. The molecule has 1 aromatic heterocycles. The number of benzene rings is 1. The molecule has 110 valence electrons. The molecule has 1 N–H and O–H groups in total. The fourth-order valence-electron chi connectivity index (χ4n) is 1.79. The summed E-state index contributed by atoms with van der Waals surface area (Å²) in [5.41, 5.74) is 0.365. The lowest BCUT2D eigenvalue weighted by atomic mass is 10.1. The van der Waals surface area contributed by atoms with E-state index < -0.39 is 17.7 Å². The van der Waals surface area contributed by atoms with Crippen molar-refractivity contribution in [2.45, 2.75) is 6.42 Å². The van der Waals surface area contributed by atoms with Crippen LogP contribution in [0.5, 0.6) is 0 Å². The molecular weight excluding hydrogens is 348 g/mol. The molecule has 0 bridgehead atoms. The van der Waals surface area contributed by atoms with Crippen LogP contribution in [0.4, 0.5) is 19.4 Å². The summed E-state index contributed by atoms with van der Waals surface area (Å²) in [6.45, 7) is 0.00778. The van der Waals surface area contributed by atoms with Crippen LogP contribution in [-0.4, -0.2) is 27.7 Å². The summed E-state index contributed by atoms with van der Waals surface area (Å²) in [5, 5.41) is 9.23. The molecule has 1 amide bonds. The number of carboxylic acid groups (broad SMARTS) is 1. The van der Waals surface area contributed by atoms with Crippen molar-refractivity contribution in [3.05, 3.63) is 52.4 Å². The summed E-state index contributed by atoms with van der Waals surface area (Å²) in [5.74, 6) is -1.22. The lowest BCUT2D eigenvalue weighted by Gasteiger charge is -2.19. The van der Waals surface area contributed by atoms with E-state index in [9.17, 15) is 18.7 Å². The summed E-state index contributed by atoms with van der Waals surface area (Å²) < 4.78 is 26.6. The maximum absolute atomic E-state index is 13.1. The molecule has 0 radical (unpaired) electrons. The lowest BCUT2D eigenvalue weighted by molar-refractivity contribution is 0.201. The van der Waals surface area contributed by atoms with Gasteiger partial charge in [0.15, 0.2) is 5.82 Å². The lowest BCUT2D eigenvalue weighted by Crippen LogP contribution is -2.32. The first-order valence-electron chi connectivity index (χ1n) is 5.88. The van der Waals surface area contributed by atoms with Gasteiger partial charge in [0, 0.05) is 18.8 Å². The van der Waals surface area contributed by atoms with E-state index in [1.807, 2.05) is 0 Å². The number of carbonyl (C=O) groups is 1. The second-order valence-electron chi connectivity index (χ2n) is 4.16. The van der Waals surface area contributed by atoms with E-state index >= 15 is 0 Å². The normalized spacial score (nSPS) is 10.4. The highest BCUT2D eigenvalue weighted by Crippen LogP contribution is 2.22. The van der Waals surface area contributed by atoms with E-state index in [1.54, 1.807) is 0 Å². The molecule has 21 heavy (non-hydrogen) atoms. The highest BCUT2D eigenvalue weighted by atomic mass is 79.9. The van der Waals surface area contributed by atoms with Crippen molar-refractivity contribution >= 4 is 27.8 Å². The zero-order chi connectivity index (χ0) is 15.4. The van der Waals surface area contributed by atoms with Gasteiger partial charge in [-0.3, -0.25) is 4.90 Å². The van der Waals surface area contributed by atoms with Gasteiger partial charge in [-0.05, 0) is 40.0 Å². The van der Waals surface area contributed by atoms with Gasteiger partial charge in [0.05, 0.1) is 4.47 Å². The van der Waals surface area contributed by atoms with Crippen LogP contribution in [-0.2, 0) is 6.42 Å². The number of anilines is 1. The molecule has 0 aliphatic heterocycles. The molecule has 0 fully saturated rings. The van der Waals surface area contributed by atoms with Crippen LogP contribution in [0.2, 0.25) is 0 Å². The van der Waals surface area contributed by atoms with Crippen LogP contribution < -0.4 is 4.90 Å². The first kappa shape index (κ1) is 15.3. The highest BCUT2D eigenvalue weighted by Gasteiger charge is 2.18. The highest BCUT2D eigenvalue weighted by molar-refractivity contribution is 9.10. The van der Waals surface area contributed by atoms with E-state index in [4.69, 9.17) is 0 Å². The Hall–Kier alpha value is -2.09. The fourth-order valence-corrected chi connectivity index (χ4v) is 2.23. The Morgan fingerprint density at radius 2 is 1.95 bits per heavy atom. The number of hydrogen-bond acceptors (Lipinski definition) is 3. The smallest absolute Gasteiger partial charge is 0.413 e. The van der Waals surface area contributed by atoms with E-state index in [1.165, 1.54) is 12.5 Å². The van der Waals surface area contributed by atoms with Crippen molar-refractivity contribution in [1.82, 2.24) is 9.97 Å². The van der Waals surface area contributed by atoms with Gasteiger partial charge in [0.2, 0.25) is 0 Å². The third-order valence-corrected chi connectivity index (χ3v) is 3.24. The van der Waals surface area contributed by atoms with E-state index in [0.29, 0.717) is 10.0 Å². The van der Waals surface area contributed by atoms with Gasteiger partial charge in [-0.25, -0.2) is 23.5 Å². The van der Waals surface area contributed by atoms with Gasteiger partial charge in [0.25, 0.3) is 0 Å². The molecule has 0 spiro atoms. The zero-order valence-corrected chi connectivity index (χ0v) is 12.2. The van der Waals surface area contributed by atoms with Gasteiger partial charge in [0.1, 0.15) is 18.0 Å². The van der Waals surface area contributed by atoms with Crippen LogP contribution in [0, 0.1) is 11.6 Å². The van der Waals surface area contributed by atoms with E-state index in [-0.39, 0.29) is 18.8 Å². The van der Waals surface area contributed by atoms with Crippen molar-refractivity contribution in [2.75, 3.05) is 11.4 Å². The molecule has 2 rings (SSSR count). The molecular formula is C13H10BrF2N3O2. The SMILES string of the molecule is O=C(O)N(CCc1cc(F)cc(F)c1)c1ncncc1Br. The second kappa shape index (κ2) is 6.57. The summed E-state index contributed by atoms with van der Waals surface area (Å²) in [6.07, 6.45) is 1.57. The number of rotatable bonds is 4. The summed E-state index contributed by atoms with van der Waals surface area (Å²) >= 11 is 3.16. The van der Waals surface area contributed by atoms with Gasteiger partial charge in [-0.15, -0.1) is 0 Å². The maximum atomic E-state index is 13.1. The second-order valence-corrected chi connectivity index (χ2v) is 5.01. The molecule has 0 aliphatic rings. The van der Waals surface area contributed by atoms with Crippen molar-refractivity contribution < 1.29 is 18.7 Å². The summed E-state index contributed by atoms with van der Waals surface area (Å²) in [6, 6.07) is 3.09. The molecule has 8 heteroatoms. The molecule has 0 saturated heterocycles. The molecule has 0 atom stereocenters. The van der Waals surface area contributed by atoms with Crippen molar-refractivity contribution in [3.63, 3.8) is 0 Å². The first-order chi connectivity index (χ1) is 9.97. The third kappa shape index (κ3) is 3.94. The van der Waals surface area contributed by atoms with Crippen LogP contribution in [0.25, 0.3) is 0 Å². The van der Waals surface area contributed by atoms with E-state index in [2.05, 4.69) is 25.9 Å². The monoisotopic (exact) mass is 357 g/mol. The topological polar surface area (TPSA) is 66.3 Å². The van der Waals surface area contributed by atoms with Gasteiger partial charge < -0.3 is 5.11 Å². The summed E-state index contributed by atoms with van der Waals surface area (Å²) in [4.78, 5) is 19.9. The first-order valence-corrected chi connectivity index (χ1v) is 6.67. The molecule has 0 aliphatic carbocycles. The van der Waals surface area contributed by atoms with Gasteiger partial charge in [-0.2, -0.15) is 0 Å². The standard InChI is InChI=1S/C13H10BrF2N3O2/c14-11-6-17-7-18-12(11)19(13(20)21)2-1-8-3-9(15)5-10(16)4-8/h3-7H,1-2H2,(H,20,21). The van der Waals surface area contributed by atoms with Crippen molar-refractivity contribution in [3.8, 4) is 0 Å².